The van der Waals surface area contributed by atoms with Crippen LogP contribution >= 0.6 is 15.9 Å². The minimum Gasteiger partial charge on any atom is -0.496 e. The van der Waals surface area contributed by atoms with Crippen LogP contribution in [-0.4, -0.2) is 24.0 Å². The second kappa shape index (κ2) is 7.92. The lowest BCUT2D eigenvalue weighted by Crippen LogP contribution is -2.01. The first-order chi connectivity index (χ1) is 8.69. The summed E-state index contributed by atoms with van der Waals surface area (Å²) in [6.07, 6.45) is 3.00. The van der Waals surface area contributed by atoms with E-state index in [2.05, 4.69) is 15.9 Å². The second-order valence-electron chi connectivity index (χ2n) is 3.69. The third-order valence-corrected chi connectivity index (χ3v) is 2.96. The van der Waals surface area contributed by atoms with E-state index in [9.17, 15) is 10.1 Å². The molecule has 0 fully saturated rings. The lowest BCUT2D eigenvalue weighted by Gasteiger charge is -2.07. The average molecular weight is 318 g/mol. The van der Waals surface area contributed by atoms with E-state index in [0.29, 0.717) is 18.1 Å². The lowest BCUT2D eigenvalue weighted by molar-refractivity contribution is -0.385. The van der Waals surface area contributed by atoms with Gasteiger partial charge >= 0.3 is 5.69 Å². The first-order valence-electron chi connectivity index (χ1n) is 5.70. The topological polar surface area (TPSA) is 61.6 Å². The zero-order valence-electron chi connectivity index (χ0n) is 10.2. The Bertz CT molecular complexity index is 398. The molecule has 0 saturated carbocycles. The molecule has 0 saturated heterocycles. The number of rotatable bonds is 8. The normalized spacial score (nSPS) is 10.1. The Morgan fingerprint density at radius 3 is 2.72 bits per heavy atom. The number of nitro groups is 1. The molecule has 1 rings (SSSR count). The van der Waals surface area contributed by atoms with Gasteiger partial charge in [-0.2, -0.15) is 0 Å². The number of nitro benzene ring substituents is 1. The zero-order chi connectivity index (χ0) is 13.4. The van der Waals surface area contributed by atoms with Gasteiger partial charge in [0.25, 0.3) is 0 Å². The van der Waals surface area contributed by atoms with E-state index in [1.54, 1.807) is 12.1 Å². The summed E-state index contributed by atoms with van der Waals surface area (Å²) >= 11 is 3.35. The molecule has 0 spiro atoms. The predicted octanol–water partition coefficient (Wildman–Crippen LogP) is 3.55. The Morgan fingerprint density at radius 1 is 1.33 bits per heavy atom. The Labute approximate surface area is 114 Å². The van der Waals surface area contributed by atoms with E-state index in [1.165, 1.54) is 13.2 Å². The van der Waals surface area contributed by atoms with Gasteiger partial charge in [-0.05, 0) is 31.4 Å². The minimum atomic E-state index is -0.462. The van der Waals surface area contributed by atoms with E-state index in [-0.39, 0.29) is 5.69 Å². The van der Waals surface area contributed by atoms with E-state index in [1.807, 2.05) is 0 Å². The molecule has 1 aromatic rings. The lowest BCUT2D eigenvalue weighted by atomic mass is 10.2. The van der Waals surface area contributed by atoms with Crippen LogP contribution in [0.4, 0.5) is 5.69 Å². The summed E-state index contributed by atoms with van der Waals surface area (Å²) in [6, 6.07) is 4.59. The van der Waals surface area contributed by atoms with Crippen molar-refractivity contribution in [2.45, 2.75) is 19.3 Å². The van der Waals surface area contributed by atoms with Crippen molar-refractivity contribution in [3.05, 3.63) is 28.3 Å². The summed E-state index contributed by atoms with van der Waals surface area (Å²) in [7, 11) is 1.47. The Balaban J connectivity index is 2.61. The fourth-order valence-electron chi connectivity index (χ4n) is 1.44. The summed E-state index contributed by atoms with van der Waals surface area (Å²) in [5.41, 5.74) is -0.0603. The average Bonchev–Trinajstić information content (AvgIpc) is 2.38. The highest BCUT2D eigenvalue weighted by molar-refractivity contribution is 9.09. The number of hydrogen-bond donors (Lipinski definition) is 0. The summed E-state index contributed by atoms with van der Waals surface area (Å²) in [6.45, 7) is 0.486. The summed E-state index contributed by atoms with van der Waals surface area (Å²) < 4.78 is 10.4. The van der Waals surface area contributed by atoms with Crippen LogP contribution in [0.1, 0.15) is 19.3 Å². The number of halogens is 1. The molecule has 0 aromatic heterocycles. The Morgan fingerprint density at radius 2 is 2.11 bits per heavy atom. The van der Waals surface area contributed by atoms with Crippen molar-refractivity contribution >= 4 is 21.6 Å². The molecule has 1 aromatic carbocycles. The molecule has 0 bridgehead atoms. The molecule has 0 aliphatic carbocycles. The quantitative estimate of drug-likeness (QED) is 0.318. The number of ether oxygens (including phenoxy) is 2. The maximum atomic E-state index is 10.9. The molecule has 0 unspecified atom stereocenters. The van der Waals surface area contributed by atoms with Crippen molar-refractivity contribution in [1.82, 2.24) is 0 Å². The summed E-state index contributed by atoms with van der Waals surface area (Å²) in [4.78, 5) is 10.4. The van der Waals surface area contributed by atoms with Crippen LogP contribution in [-0.2, 0) is 0 Å². The van der Waals surface area contributed by atoms with Gasteiger partial charge in [0.1, 0.15) is 5.75 Å². The number of hydrogen-bond acceptors (Lipinski definition) is 4. The molecular formula is C12H16BrNO4. The SMILES string of the molecule is COc1ccc(OCCCCCBr)c([N+](=O)[O-])c1. The molecule has 0 amide bonds. The van der Waals surface area contributed by atoms with Crippen molar-refractivity contribution in [3.63, 3.8) is 0 Å². The summed E-state index contributed by atoms with van der Waals surface area (Å²) in [5.74, 6) is 0.744. The van der Waals surface area contributed by atoms with E-state index >= 15 is 0 Å². The number of benzene rings is 1. The van der Waals surface area contributed by atoms with Gasteiger partial charge in [-0.25, -0.2) is 0 Å². The fourth-order valence-corrected chi connectivity index (χ4v) is 1.84. The standard InChI is InChI=1S/C12H16BrNO4/c1-17-10-5-6-12(11(9-10)14(15)16)18-8-4-2-3-7-13/h5-6,9H,2-4,7-8H2,1H3. The molecule has 18 heavy (non-hydrogen) atoms. The van der Waals surface area contributed by atoms with Crippen molar-refractivity contribution in [2.75, 3.05) is 19.0 Å². The van der Waals surface area contributed by atoms with Crippen LogP contribution in [0, 0.1) is 10.1 Å². The van der Waals surface area contributed by atoms with Gasteiger partial charge in [0.05, 0.1) is 24.7 Å². The maximum absolute atomic E-state index is 10.9. The highest BCUT2D eigenvalue weighted by Crippen LogP contribution is 2.31. The molecule has 0 atom stereocenters. The van der Waals surface area contributed by atoms with Crippen LogP contribution in [0.3, 0.4) is 0 Å². The first-order valence-corrected chi connectivity index (χ1v) is 6.82. The van der Waals surface area contributed by atoms with Crippen LogP contribution in [0.2, 0.25) is 0 Å². The monoisotopic (exact) mass is 317 g/mol. The number of alkyl halides is 1. The molecule has 0 radical (unpaired) electrons. The maximum Gasteiger partial charge on any atom is 0.314 e. The third-order valence-electron chi connectivity index (χ3n) is 2.40. The third kappa shape index (κ3) is 4.52. The van der Waals surface area contributed by atoms with Crippen LogP contribution in [0.15, 0.2) is 18.2 Å². The Hall–Kier alpha value is -1.30. The molecule has 0 aliphatic heterocycles. The molecule has 0 heterocycles. The number of unbranched alkanes of at least 4 members (excludes halogenated alkanes) is 2. The van der Waals surface area contributed by atoms with Gasteiger partial charge in [0.2, 0.25) is 0 Å². The molecule has 6 heteroatoms. The molecule has 0 N–H and O–H groups in total. The van der Waals surface area contributed by atoms with E-state index in [4.69, 9.17) is 9.47 Å². The van der Waals surface area contributed by atoms with Crippen molar-refractivity contribution in [3.8, 4) is 11.5 Å². The van der Waals surface area contributed by atoms with Crippen LogP contribution < -0.4 is 9.47 Å². The van der Waals surface area contributed by atoms with Crippen molar-refractivity contribution in [1.29, 1.82) is 0 Å². The zero-order valence-corrected chi connectivity index (χ0v) is 11.8. The van der Waals surface area contributed by atoms with Gasteiger partial charge in [-0.1, -0.05) is 15.9 Å². The van der Waals surface area contributed by atoms with Gasteiger partial charge in [-0.15, -0.1) is 0 Å². The predicted molar refractivity (Wildman–Crippen MR) is 72.8 cm³/mol. The van der Waals surface area contributed by atoms with Crippen molar-refractivity contribution in [2.24, 2.45) is 0 Å². The highest BCUT2D eigenvalue weighted by Gasteiger charge is 2.16. The molecular weight excluding hydrogens is 302 g/mol. The minimum absolute atomic E-state index is 0.0603. The second-order valence-corrected chi connectivity index (χ2v) is 4.48. The number of methoxy groups -OCH3 is 1. The van der Waals surface area contributed by atoms with E-state index in [0.717, 1.165) is 24.6 Å². The largest absolute Gasteiger partial charge is 0.496 e. The van der Waals surface area contributed by atoms with Crippen LogP contribution in [0.25, 0.3) is 0 Å². The van der Waals surface area contributed by atoms with Gasteiger partial charge in [-0.3, -0.25) is 10.1 Å². The summed E-state index contributed by atoms with van der Waals surface area (Å²) in [5, 5.41) is 11.9. The number of nitrogens with zero attached hydrogens (tertiary/aromatic N) is 1. The van der Waals surface area contributed by atoms with Gasteiger partial charge in [0, 0.05) is 5.33 Å². The first kappa shape index (κ1) is 14.8. The van der Waals surface area contributed by atoms with E-state index < -0.39 is 4.92 Å². The highest BCUT2D eigenvalue weighted by atomic mass is 79.9. The molecule has 100 valence electrons. The Kier molecular flexibility index (Phi) is 6.49. The van der Waals surface area contributed by atoms with Gasteiger partial charge in [0.15, 0.2) is 5.75 Å². The van der Waals surface area contributed by atoms with Crippen molar-refractivity contribution < 1.29 is 14.4 Å². The van der Waals surface area contributed by atoms with Crippen LogP contribution in [0.5, 0.6) is 11.5 Å². The molecule has 5 nitrogen and oxygen atoms in total. The smallest absolute Gasteiger partial charge is 0.314 e. The fraction of sp³-hybridized carbons (Fsp3) is 0.500. The molecule has 0 aliphatic rings. The van der Waals surface area contributed by atoms with Gasteiger partial charge < -0.3 is 9.47 Å².